The molecular weight excluding hydrogens is 446 g/mol. The van der Waals surface area contributed by atoms with Crippen LogP contribution in [0.5, 0.6) is 5.75 Å². The number of sulfonamides is 1. The van der Waals surface area contributed by atoms with Crippen molar-refractivity contribution < 1.29 is 18.0 Å². The van der Waals surface area contributed by atoms with Crippen molar-refractivity contribution in [1.82, 2.24) is 14.4 Å². The van der Waals surface area contributed by atoms with E-state index in [9.17, 15) is 18.0 Å². The Morgan fingerprint density at radius 1 is 1.21 bits per heavy atom. The van der Waals surface area contributed by atoms with Crippen molar-refractivity contribution in [1.29, 1.82) is 0 Å². The van der Waals surface area contributed by atoms with Gasteiger partial charge in [0.1, 0.15) is 5.75 Å². The van der Waals surface area contributed by atoms with Crippen molar-refractivity contribution in [3.05, 3.63) is 62.9 Å². The van der Waals surface area contributed by atoms with Gasteiger partial charge in [-0.2, -0.15) is 0 Å². The Bertz CT molecular complexity index is 1180. The molecule has 2 saturated carbocycles. The lowest BCUT2D eigenvalue weighted by Crippen LogP contribution is -2.38. The van der Waals surface area contributed by atoms with E-state index < -0.39 is 27.5 Å². The molecule has 9 nitrogen and oxygen atoms in total. The fraction of sp³-hybridized carbons (Fsp3) is 0.565. The van der Waals surface area contributed by atoms with Crippen molar-refractivity contribution in [2.24, 2.45) is 0 Å². The first-order valence-corrected chi connectivity index (χ1v) is 13.2. The maximum absolute atomic E-state index is 12.5. The van der Waals surface area contributed by atoms with Crippen LogP contribution in [0.1, 0.15) is 70.1 Å². The summed E-state index contributed by atoms with van der Waals surface area (Å²) in [6.07, 6.45) is 7.71. The fourth-order valence-electron chi connectivity index (χ4n) is 4.48. The molecule has 0 unspecified atom stereocenters. The van der Waals surface area contributed by atoms with Gasteiger partial charge in [-0.25, -0.2) is 13.2 Å². The molecule has 10 heteroatoms. The molecule has 2 fully saturated rings. The zero-order valence-corrected chi connectivity index (χ0v) is 19.6. The second kappa shape index (κ2) is 9.82. The summed E-state index contributed by atoms with van der Waals surface area (Å²) < 4.78 is 31.7. The maximum Gasteiger partial charge on any atom is 0.330 e. The Kier molecular flexibility index (Phi) is 7.06. The third kappa shape index (κ3) is 5.93. The zero-order valence-electron chi connectivity index (χ0n) is 18.8. The molecule has 1 heterocycles. The van der Waals surface area contributed by atoms with Crippen LogP contribution in [0.3, 0.4) is 0 Å². The summed E-state index contributed by atoms with van der Waals surface area (Å²) in [6, 6.07) is 9.21. The average Bonchev–Trinajstić information content (AvgIpc) is 3.38. The minimum Gasteiger partial charge on any atom is -0.490 e. The van der Waals surface area contributed by atoms with E-state index in [2.05, 4.69) is 9.87 Å². The van der Waals surface area contributed by atoms with E-state index in [0.717, 1.165) is 37.0 Å². The Labute approximate surface area is 193 Å². The minimum absolute atomic E-state index is 0.0913. The Morgan fingerprint density at radius 3 is 2.64 bits per heavy atom. The van der Waals surface area contributed by atoms with E-state index in [-0.39, 0.29) is 17.3 Å². The maximum atomic E-state index is 12.5. The lowest BCUT2D eigenvalue weighted by molar-refractivity contribution is -0.0442. The molecule has 0 aliphatic heterocycles. The van der Waals surface area contributed by atoms with Crippen LogP contribution in [-0.4, -0.2) is 29.8 Å². The van der Waals surface area contributed by atoms with Crippen LogP contribution >= 0.6 is 0 Å². The van der Waals surface area contributed by atoms with Gasteiger partial charge in [-0.3, -0.25) is 19.2 Å². The number of hydrogen-bond donors (Lipinski definition) is 2. The van der Waals surface area contributed by atoms with Crippen LogP contribution in [-0.2, 0) is 20.3 Å². The number of aromatic amines is 1. The highest BCUT2D eigenvalue weighted by Crippen LogP contribution is 2.54. The van der Waals surface area contributed by atoms with Gasteiger partial charge in [0.15, 0.2) is 6.23 Å². The van der Waals surface area contributed by atoms with Gasteiger partial charge in [0, 0.05) is 18.7 Å². The number of nitrogens with zero attached hydrogens (tertiary/aromatic N) is 1. The molecule has 2 N–H and O–H groups in total. The first kappa shape index (κ1) is 23.7. The van der Waals surface area contributed by atoms with Gasteiger partial charge < -0.3 is 4.74 Å². The highest BCUT2D eigenvalue weighted by Gasteiger charge is 2.47. The number of H-pyrrole nitrogens is 1. The average molecular weight is 478 g/mol. The van der Waals surface area contributed by atoms with E-state index in [1.54, 1.807) is 6.92 Å². The molecule has 0 saturated heterocycles. The van der Waals surface area contributed by atoms with Gasteiger partial charge in [0.25, 0.3) is 5.56 Å². The van der Waals surface area contributed by atoms with Gasteiger partial charge in [0.2, 0.25) is 10.0 Å². The summed E-state index contributed by atoms with van der Waals surface area (Å²) in [5, 5.41) is 0. The highest BCUT2D eigenvalue weighted by molar-refractivity contribution is 7.89. The number of nitrogens with one attached hydrogen (secondary N) is 2. The number of ether oxygens (including phenoxy) is 1. The summed E-state index contributed by atoms with van der Waals surface area (Å²) in [7, 11) is -3.66. The lowest BCUT2D eigenvalue weighted by Gasteiger charge is -2.25. The quantitative estimate of drug-likeness (QED) is 0.480. The van der Waals surface area contributed by atoms with Crippen LogP contribution in [0.2, 0.25) is 0 Å². The molecule has 1 atom stereocenters. The second-order valence-electron chi connectivity index (χ2n) is 9.03. The first-order chi connectivity index (χ1) is 15.8. The van der Waals surface area contributed by atoms with Crippen LogP contribution < -0.4 is 20.9 Å². The normalized spacial score (nSPS) is 18.8. The van der Waals surface area contributed by atoms with Crippen molar-refractivity contribution in [3.63, 3.8) is 0 Å². The Hall–Kier alpha value is -2.43. The molecule has 33 heavy (non-hydrogen) atoms. The van der Waals surface area contributed by atoms with Crippen molar-refractivity contribution in [2.45, 2.75) is 76.0 Å². The molecule has 180 valence electrons. The van der Waals surface area contributed by atoms with Gasteiger partial charge in [-0.15, -0.1) is 0 Å². The number of aromatic nitrogens is 2. The molecule has 2 aliphatic rings. The smallest absolute Gasteiger partial charge is 0.330 e. The van der Waals surface area contributed by atoms with Gasteiger partial charge >= 0.3 is 5.69 Å². The van der Waals surface area contributed by atoms with Gasteiger partial charge in [-0.05, 0) is 68.1 Å². The monoisotopic (exact) mass is 477 g/mol. The van der Waals surface area contributed by atoms with Crippen LogP contribution in [0.25, 0.3) is 0 Å². The number of hydrogen-bond acceptors (Lipinski definition) is 6. The SMILES string of the molecule is CCCS(=O)(=O)NO[C@H](CC1(c2cccc(OC3CCCC3)c2)CC1)n1ccc(=O)[nH]c1=O. The van der Waals surface area contributed by atoms with E-state index >= 15 is 0 Å². The van der Waals surface area contributed by atoms with Crippen LogP contribution in [0.15, 0.2) is 46.1 Å². The lowest BCUT2D eigenvalue weighted by atomic mass is 9.91. The molecule has 2 aliphatic carbocycles. The standard InChI is InChI=1S/C23H31N3O6S/c1-2-14-33(29,30)25-32-21(26-13-10-20(27)24-22(26)28)16-23(11-12-23)17-6-5-9-19(15-17)31-18-7-3-4-8-18/h5-6,9-10,13,15,18,21,25H,2-4,7-8,11-12,14,16H2,1H3,(H,24,27,28)/t21-/m1/s1. The predicted octanol–water partition coefficient (Wildman–Crippen LogP) is 2.74. The summed E-state index contributed by atoms with van der Waals surface area (Å²) in [6.45, 7) is 1.75. The second-order valence-corrected chi connectivity index (χ2v) is 10.8. The molecule has 0 radical (unpaired) electrons. The molecular formula is C23H31N3O6S. The summed E-state index contributed by atoms with van der Waals surface area (Å²) in [5.41, 5.74) is -0.387. The molecule has 0 spiro atoms. The highest BCUT2D eigenvalue weighted by atomic mass is 32.2. The zero-order chi connectivity index (χ0) is 23.5. The molecule has 0 amide bonds. The fourth-order valence-corrected chi connectivity index (χ4v) is 5.36. The van der Waals surface area contributed by atoms with E-state index in [0.29, 0.717) is 12.8 Å². The molecule has 1 aromatic heterocycles. The van der Waals surface area contributed by atoms with Gasteiger partial charge in [0.05, 0.1) is 11.9 Å². The largest absolute Gasteiger partial charge is 0.490 e. The van der Waals surface area contributed by atoms with Gasteiger partial charge in [-0.1, -0.05) is 23.9 Å². The molecule has 4 rings (SSSR count). The Morgan fingerprint density at radius 2 is 1.97 bits per heavy atom. The molecule has 1 aromatic carbocycles. The van der Waals surface area contributed by atoms with E-state index in [1.807, 2.05) is 24.3 Å². The molecule has 0 bridgehead atoms. The summed E-state index contributed by atoms with van der Waals surface area (Å²) >= 11 is 0. The molecule has 2 aromatic rings. The van der Waals surface area contributed by atoms with Crippen molar-refractivity contribution in [3.8, 4) is 5.75 Å². The summed E-state index contributed by atoms with van der Waals surface area (Å²) in [5.74, 6) is 0.736. The van der Waals surface area contributed by atoms with Crippen molar-refractivity contribution >= 4 is 10.0 Å². The van der Waals surface area contributed by atoms with E-state index in [1.165, 1.54) is 29.7 Å². The third-order valence-corrected chi connectivity index (χ3v) is 7.71. The third-order valence-electron chi connectivity index (χ3n) is 6.42. The minimum atomic E-state index is -3.66. The number of benzene rings is 1. The van der Waals surface area contributed by atoms with Crippen LogP contribution in [0.4, 0.5) is 0 Å². The van der Waals surface area contributed by atoms with Crippen molar-refractivity contribution in [2.75, 3.05) is 5.75 Å². The number of rotatable bonds is 11. The Balaban J connectivity index is 1.57. The predicted molar refractivity (Wildman–Crippen MR) is 124 cm³/mol. The van der Waals surface area contributed by atoms with E-state index in [4.69, 9.17) is 9.57 Å². The van der Waals surface area contributed by atoms with Crippen LogP contribution in [0, 0.1) is 0 Å². The summed E-state index contributed by atoms with van der Waals surface area (Å²) in [4.78, 5) is 33.9. The topological polar surface area (TPSA) is 119 Å². The first-order valence-electron chi connectivity index (χ1n) is 11.5.